The largest absolute Gasteiger partial charge is 0.379 e. The first-order chi connectivity index (χ1) is 10.5. The summed E-state index contributed by atoms with van der Waals surface area (Å²) in [5.74, 6) is 1.87. The molecule has 0 aromatic heterocycles. The van der Waals surface area contributed by atoms with Crippen LogP contribution in [0.25, 0.3) is 0 Å². The van der Waals surface area contributed by atoms with Crippen molar-refractivity contribution in [3.63, 3.8) is 0 Å². The van der Waals surface area contributed by atoms with Crippen molar-refractivity contribution in [1.29, 1.82) is 0 Å². The molecule has 3 heterocycles. The van der Waals surface area contributed by atoms with Gasteiger partial charge in [0, 0.05) is 14.2 Å². The van der Waals surface area contributed by atoms with E-state index in [0.29, 0.717) is 4.58 Å². The average Bonchev–Trinajstić information content (AvgIpc) is 2.99. The second-order valence-corrected chi connectivity index (χ2v) is 9.22. The zero-order chi connectivity index (χ0) is 15.7. The minimum Gasteiger partial charge on any atom is -0.379 e. The Bertz CT molecular complexity index is 375. The van der Waals surface area contributed by atoms with Crippen molar-refractivity contribution in [1.82, 2.24) is 0 Å². The first kappa shape index (κ1) is 17.3. The van der Waals surface area contributed by atoms with Crippen LogP contribution in [0.4, 0.5) is 0 Å². The van der Waals surface area contributed by atoms with Crippen LogP contribution >= 0.6 is 23.5 Å². The minimum atomic E-state index is -0.596. The second kappa shape index (κ2) is 7.17. The summed E-state index contributed by atoms with van der Waals surface area (Å²) in [4.78, 5) is 0. The highest BCUT2D eigenvalue weighted by atomic mass is 32.2. The molecule has 0 bridgehead atoms. The van der Waals surface area contributed by atoms with E-state index in [2.05, 4.69) is 0 Å². The van der Waals surface area contributed by atoms with Crippen LogP contribution in [-0.2, 0) is 23.7 Å². The Morgan fingerprint density at radius 1 is 1.14 bits per heavy atom. The van der Waals surface area contributed by atoms with Crippen molar-refractivity contribution < 1.29 is 23.7 Å². The fourth-order valence-corrected chi connectivity index (χ4v) is 6.25. The SMILES string of the molecule is CO[C@H]1O[C@H]([C@@H](CC2SCCCS2)OC)[C@@H]2OC(C)(C)O[C@H]12. The topological polar surface area (TPSA) is 46.2 Å². The van der Waals surface area contributed by atoms with E-state index in [1.54, 1.807) is 14.2 Å². The highest BCUT2D eigenvalue weighted by Gasteiger charge is 2.57. The van der Waals surface area contributed by atoms with Crippen LogP contribution in [0.2, 0.25) is 0 Å². The number of hydrogen-bond acceptors (Lipinski definition) is 7. The third-order valence-electron chi connectivity index (χ3n) is 4.27. The fourth-order valence-electron chi connectivity index (χ4n) is 3.31. The molecule has 0 aromatic rings. The molecular formula is C15H26O5S2. The summed E-state index contributed by atoms with van der Waals surface area (Å²) in [6.07, 6.45) is 1.39. The van der Waals surface area contributed by atoms with Crippen LogP contribution in [0, 0.1) is 0 Å². The molecule has 5 nitrogen and oxygen atoms in total. The van der Waals surface area contributed by atoms with E-state index in [9.17, 15) is 0 Å². The van der Waals surface area contributed by atoms with Gasteiger partial charge in [0.15, 0.2) is 12.1 Å². The first-order valence-corrected chi connectivity index (χ1v) is 9.94. The smallest absolute Gasteiger partial charge is 0.186 e. The third kappa shape index (κ3) is 3.61. The molecule has 128 valence electrons. The van der Waals surface area contributed by atoms with Crippen molar-refractivity contribution >= 4 is 23.5 Å². The molecule has 0 amide bonds. The Morgan fingerprint density at radius 3 is 2.45 bits per heavy atom. The highest BCUT2D eigenvalue weighted by Crippen LogP contribution is 2.42. The Kier molecular flexibility index (Phi) is 5.65. The Morgan fingerprint density at radius 2 is 1.82 bits per heavy atom. The van der Waals surface area contributed by atoms with E-state index < -0.39 is 5.79 Å². The molecule has 0 radical (unpaired) electrons. The Labute approximate surface area is 141 Å². The zero-order valence-electron chi connectivity index (χ0n) is 13.7. The lowest BCUT2D eigenvalue weighted by Crippen LogP contribution is -2.41. The normalized spacial score (nSPS) is 39.8. The molecule has 0 unspecified atom stereocenters. The van der Waals surface area contributed by atoms with E-state index in [-0.39, 0.29) is 30.7 Å². The fraction of sp³-hybridized carbons (Fsp3) is 1.00. The minimum absolute atomic E-state index is 0.00625. The molecular weight excluding hydrogens is 324 g/mol. The zero-order valence-corrected chi connectivity index (χ0v) is 15.3. The van der Waals surface area contributed by atoms with Gasteiger partial charge in [-0.05, 0) is 38.2 Å². The summed E-state index contributed by atoms with van der Waals surface area (Å²) in [5.41, 5.74) is 0. The van der Waals surface area contributed by atoms with E-state index in [0.717, 1.165) is 6.42 Å². The lowest BCUT2D eigenvalue weighted by atomic mass is 10.0. The lowest BCUT2D eigenvalue weighted by Gasteiger charge is -2.31. The van der Waals surface area contributed by atoms with Crippen LogP contribution < -0.4 is 0 Å². The molecule has 3 aliphatic rings. The maximum absolute atomic E-state index is 6.07. The van der Waals surface area contributed by atoms with E-state index in [4.69, 9.17) is 23.7 Å². The molecule has 3 saturated heterocycles. The predicted octanol–water partition coefficient (Wildman–Crippen LogP) is 2.48. The summed E-state index contributed by atoms with van der Waals surface area (Å²) in [6.45, 7) is 3.87. The van der Waals surface area contributed by atoms with Gasteiger partial charge >= 0.3 is 0 Å². The lowest BCUT2D eigenvalue weighted by molar-refractivity contribution is -0.238. The molecule has 0 saturated carbocycles. The van der Waals surface area contributed by atoms with Crippen LogP contribution in [-0.4, -0.2) is 66.8 Å². The Balaban J connectivity index is 1.68. The molecule has 0 spiro atoms. The standard InChI is InChI=1S/C15H26O5S2/c1-15(2)19-12-11(18-14(17-4)13(12)20-15)9(16-3)8-10-21-6-5-7-22-10/h9-14H,5-8H2,1-4H3/t9-,11-,12+,13+,14+/m1/s1. The van der Waals surface area contributed by atoms with Gasteiger partial charge in [0.1, 0.15) is 18.3 Å². The van der Waals surface area contributed by atoms with Crippen LogP contribution in [0.3, 0.4) is 0 Å². The number of methoxy groups -OCH3 is 2. The number of ether oxygens (including phenoxy) is 5. The molecule has 7 heteroatoms. The predicted molar refractivity (Wildman–Crippen MR) is 88.2 cm³/mol. The number of hydrogen-bond donors (Lipinski definition) is 0. The van der Waals surface area contributed by atoms with Gasteiger partial charge in [0.05, 0.1) is 10.7 Å². The van der Waals surface area contributed by atoms with Crippen molar-refractivity contribution in [2.75, 3.05) is 25.7 Å². The third-order valence-corrected chi connectivity index (χ3v) is 7.26. The summed E-state index contributed by atoms with van der Waals surface area (Å²) >= 11 is 4.04. The van der Waals surface area contributed by atoms with Gasteiger partial charge in [0.25, 0.3) is 0 Å². The average molecular weight is 351 g/mol. The van der Waals surface area contributed by atoms with Gasteiger partial charge in [-0.25, -0.2) is 0 Å². The van der Waals surface area contributed by atoms with Gasteiger partial charge in [-0.15, -0.1) is 23.5 Å². The maximum Gasteiger partial charge on any atom is 0.186 e. The van der Waals surface area contributed by atoms with Crippen LogP contribution in [0.5, 0.6) is 0 Å². The molecule has 0 N–H and O–H groups in total. The van der Waals surface area contributed by atoms with Crippen molar-refractivity contribution in [2.24, 2.45) is 0 Å². The van der Waals surface area contributed by atoms with Gasteiger partial charge in [-0.2, -0.15) is 0 Å². The summed E-state index contributed by atoms with van der Waals surface area (Å²) in [5, 5.41) is 0. The number of fused-ring (bicyclic) bond motifs is 1. The van der Waals surface area contributed by atoms with Gasteiger partial charge < -0.3 is 23.7 Å². The van der Waals surface area contributed by atoms with E-state index >= 15 is 0 Å². The van der Waals surface area contributed by atoms with Crippen LogP contribution in [0.15, 0.2) is 0 Å². The van der Waals surface area contributed by atoms with Gasteiger partial charge in [0.2, 0.25) is 0 Å². The molecule has 0 aromatic carbocycles. The molecule has 0 aliphatic carbocycles. The number of thioether (sulfide) groups is 2. The Hall–Kier alpha value is 0.500. The first-order valence-electron chi connectivity index (χ1n) is 7.84. The number of rotatable bonds is 5. The molecule has 3 rings (SSSR count). The quantitative estimate of drug-likeness (QED) is 0.755. The summed E-state index contributed by atoms with van der Waals surface area (Å²) < 4.78 is 29.8. The molecule has 5 atom stereocenters. The van der Waals surface area contributed by atoms with E-state index in [1.807, 2.05) is 37.4 Å². The monoisotopic (exact) mass is 350 g/mol. The molecule has 22 heavy (non-hydrogen) atoms. The maximum atomic E-state index is 6.07. The van der Waals surface area contributed by atoms with E-state index in [1.165, 1.54) is 17.9 Å². The van der Waals surface area contributed by atoms with Crippen molar-refractivity contribution in [2.45, 2.75) is 67.8 Å². The van der Waals surface area contributed by atoms with Gasteiger partial charge in [-0.1, -0.05) is 0 Å². The van der Waals surface area contributed by atoms with Crippen LogP contribution in [0.1, 0.15) is 26.7 Å². The van der Waals surface area contributed by atoms with Crippen molar-refractivity contribution in [3.8, 4) is 0 Å². The summed E-state index contributed by atoms with van der Waals surface area (Å²) in [6, 6.07) is 0. The summed E-state index contributed by atoms with van der Waals surface area (Å²) in [7, 11) is 3.40. The van der Waals surface area contributed by atoms with Crippen molar-refractivity contribution in [3.05, 3.63) is 0 Å². The highest BCUT2D eigenvalue weighted by molar-refractivity contribution is 8.17. The molecule has 3 fully saturated rings. The van der Waals surface area contributed by atoms with Gasteiger partial charge in [-0.3, -0.25) is 0 Å². The molecule has 3 aliphatic heterocycles. The second-order valence-electron chi connectivity index (χ2n) is 6.30.